The molecule has 1 atom stereocenters. The van der Waals surface area contributed by atoms with Crippen molar-refractivity contribution in [3.63, 3.8) is 0 Å². The van der Waals surface area contributed by atoms with E-state index in [1.54, 1.807) is 0 Å². The third-order valence-electron chi connectivity index (χ3n) is 4.30. The molecule has 96 valence electrons. The molecule has 1 heteroatoms. The van der Waals surface area contributed by atoms with Gasteiger partial charge in [-0.05, 0) is 24.3 Å². The molecule has 0 heterocycles. The van der Waals surface area contributed by atoms with Crippen LogP contribution < -0.4 is 0 Å². The van der Waals surface area contributed by atoms with Gasteiger partial charge in [-0.1, -0.05) is 68.7 Å². The first kappa shape index (κ1) is 13.1. The lowest BCUT2D eigenvalue weighted by atomic mass is 9.67. The van der Waals surface area contributed by atoms with Gasteiger partial charge in [-0.3, -0.25) is 0 Å². The number of allylic oxidation sites excluding steroid dienone is 1. The third kappa shape index (κ3) is 2.90. The molecule has 0 bridgehead atoms. The van der Waals surface area contributed by atoms with Crippen LogP contribution in [0.5, 0.6) is 0 Å². The summed E-state index contributed by atoms with van der Waals surface area (Å²) in [5, 5.41) is 0. The third-order valence-corrected chi connectivity index (χ3v) is 4.30. The quantitative estimate of drug-likeness (QED) is 0.711. The number of aldehydes is 1. The molecule has 1 aliphatic rings. The first-order chi connectivity index (χ1) is 8.77. The average Bonchev–Trinajstić information content (AvgIpc) is 2.46. The van der Waals surface area contributed by atoms with E-state index in [0.717, 1.165) is 12.8 Å². The molecular weight excluding hydrogens is 220 g/mol. The van der Waals surface area contributed by atoms with Crippen LogP contribution in [0.3, 0.4) is 0 Å². The van der Waals surface area contributed by atoms with Gasteiger partial charge < -0.3 is 4.79 Å². The second-order valence-corrected chi connectivity index (χ2v) is 5.47. The summed E-state index contributed by atoms with van der Waals surface area (Å²) in [6.07, 6.45) is 11.3. The number of rotatable bonds is 4. The Hall–Kier alpha value is -1.37. The number of hydrogen-bond acceptors (Lipinski definition) is 1. The summed E-state index contributed by atoms with van der Waals surface area (Å²) in [7, 11) is 0. The van der Waals surface area contributed by atoms with Crippen molar-refractivity contribution in [3.8, 4) is 0 Å². The molecule has 0 aliphatic heterocycles. The standard InChI is InChI=1S/C17H22O/c1-15(10-11-16-8-4-2-5-9-16)17(14-18)12-6-3-7-13-17/h2,4-5,8-11,14-15H,3,6-7,12-13H2,1H3/b11-10+/t15-/m1/s1. The van der Waals surface area contributed by atoms with Crippen LogP contribution in [0, 0.1) is 11.3 Å². The molecule has 0 radical (unpaired) electrons. The first-order valence-corrected chi connectivity index (χ1v) is 6.96. The molecule has 1 nitrogen and oxygen atoms in total. The maximum absolute atomic E-state index is 11.5. The van der Waals surface area contributed by atoms with Crippen molar-refractivity contribution in [2.75, 3.05) is 0 Å². The molecule has 2 rings (SSSR count). The SMILES string of the molecule is C[C@H](/C=C/c1ccccc1)C1(C=O)CCCCC1. The van der Waals surface area contributed by atoms with E-state index in [9.17, 15) is 4.79 Å². The van der Waals surface area contributed by atoms with E-state index in [4.69, 9.17) is 0 Å². The van der Waals surface area contributed by atoms with Crippen molar-refractivity contribution in [3.05, 3.63) is 42.0 Å². The monoisotopic (exact) mass is 242 g/mol. The van der Waals surface area contributed by atoms with Crippen molar-refractivity contribution in [1.82, 2.24) is 0 Å². The maximum Gasteiger partial charge on any atom is 0.126 e. The zero-order valence-corrected chi connectivity index (χ0v) is 11.1. The van der Waals surface area contributed by atoms with Gasteiger partial charge in [0.15, 0.2) is 0 Å². The van der Waals surface area contributed by atoms with Crippen molar-refractivity contribution >= 4 is 12.4 Å². The van der Waals surface area contributed by atoms with E-state index in [1.807, 2.05) is 18.2 Å². The summed E-state index contributed by atoms with van der Waals surface area (Å²) < 4.78 is 0. The predicted octanol–water partition coefficient (Wildman–Crippen LogP) is 4.49. The summed E-state index contributed by atoms with van der Waals surface area (Å²) in [5.74, 6) is 0.329. The fourth-order valence-electron chi connectivity index (χ4n) is 2.90. The van der Waals surface area contributed by atoms with Gasteiger partial charge >= 0.3 is 0 Å². The number of carbonyl (C=O) groups excluding carboxylic acids is 1. The second kappa shape index (κ2) is 5.99. The molecule has 1 aromatic rings. The highest BCUT2D eigenvalue weighted by Crippen LogP contribution is 2.41. The lowest BCUT2D eigenvalue weighted by Gasteiger charge is -2.36. The van der Waals surface area contributed by atoms with Crippen molar-refractivity contribution in [1.29, 1.82) is 0 Å². The Balaban J connectivity index is 2.08. The van der Waals surface area contributed by atoms with Gasteiger partial charge in [-0.25, -0.2) is 0 Å². The van der Waals surface area contributed by atoms with Crippen LogP contribution in [0.1, 0.15) is 44.6 Å². The Kier molecular flexibility index (Phi) is 4.35. The van der Waals surface area contributed by atoms with Crippen LogP contribution >= 0.6 is 0 Å². The summed E-state index contributed by atoms with van der Waals surface area (Å²) >= 11 is 0. The molecule has 1 aliphatic carbocycles. The van der Waals surface area contributed by atoms with E-state index in [0.29, 0.717) is 5.92 Å². The van der Waals surface area contributed by atoms with E-state index in [1.165, 1.54) is 31.1 Å². The van der Waals surface area contributed by atoms with Crippen LogP contribution in [0.4, 0.5) is 0 Å². The molecular formula is C17H22O. The number of carbonyl (C=O) groups is 1. The molecule has 1 aromatic carbocycles. The van der Waals surface area contributed by atoms with E-state index in [2.05, 4.69) is 31.2 Å². The predicted molar refractivity (Wildman–Crippen MR) is 76.2 cm³/mol. The van der Waals surface area contributed by atoms with Crippen molar-refractivity contribution in [2.45, 2.75) is 39.0 Å². The Morgan fingerprint density at radius 2 is 1.78 bits per heavy atom. The Bertz CT molecular complexity index is 399. The fraction of sp³-hybridized carbons (Fsp3) is 0.471. The van der Waals surface area contributed by atoms with E-state index < -0.39 is 0 Å². The van der Waals surface area contributed by atoms with Gasteiger partial charge in [0.1, 0.15) is 6.29 Å². The van der Waals surface area contributed by atoms with Gasteiger partial charge in [0, 0.05) is 5.41 Å². The van der Waals surface area contributed by atoms with Crippen LogP contribution in [-0.4, -0.2) is 6.29 Å². The zero-order chi connectivity index (χ0) is 12.8. The Labute approximate surface area is 110 Å². The molecule has 0 amide bonds. The van der Waals surface area contributed by atoms with Crippen molar-refractivity contribution in [2.24, 2.45) is 11.3 Å². The van der Waals surface area contributed by atoms with Gasteiger partial charge in [0.2, 0.25) is 0 Å². The molecule has 1 saturated carbocycles. The first-order valence-electron chi connectivity index (χ1n) is 6.96. The minimum atomic E-state index is -0.108. The molecule has 1 fully saturated rings. The highest BCUT2D eigenvalue weighted by Gasteiger charge is 2.35. The van der Waals surface area contributed by atoms with Gasteiger partial charge in [-0.2, -0.15) is 0 Å². The van der Waals surface area contributed by atoms with Crippen LogP contribution in [0.2, 0.25) is 0 Å². The maximum atomic E-state index is 11.5. The highest BCUT2D eigenvalue weighted by molar-refractivity contribution is 5.61. The average molecular weight is 242 g/mol. The summed E-state index contributed by atoms with van der Waals surface area (Å²) in [6, 6.07) is 10.3. The molecule has 0 aromatic heterocycles. The molecule has 0 saturated heterocycles. The van der Waals surface area contributed by atoms with Crippen LogP contribution in [0.15, 0.2) is 36.4 Å². The molecule has 0 unspecified atom stereocenters. The normalized spacial score (nSPS) is 20.7. The largest absolute Gasteiger partial charge is 0.303 e. The summed E-state index contributed by atoms with van der Waals surface area (Å²) in [4.78, 5) is 11.5. The number of benzene rings is 1. The summed E-state index contributed by atoms with van der Waals surface area (Å²) in [5.41, 5.74) is 1.10. The lowest BCUT2D eigenvalue weighted by molar-refractivity contribution is -0.119. The zero-order valence-electron chi connectivity index (χ0n) is 11.1. The number of hydrogen-bond donors (Lipinski definition) is 0. The van der Waals surface area contributed by atoms with E-state index in [-0.39, 0.29) is 5.41 Å². The minimum Gasteiger partial charge on any atom is -0.303 e. The molecule has 0 spiro atoms. The lowest BCUT2D eigenvalue weighted by Crippen LogP contribution is -2.32. The van der Waals surface area contributed by atoms with Gasteiger partial charge in [0.25, 0.3) is 0 Å². The Morgan fingerprint density at radius 1 is 1.11 bits per heavy atom. The topological polar surface area (TPSA) is 17.1 Å². The fourth-order valence-corrected chi connectivity index (χ4v) is 2.90. The Morgan fingerprint density at radius 3 is 2.39 bits per heavy atom. The smallest absolute Gasteiger partial charge is 0.126 e. The minimum absolute atomic E-state index is 0.108. The van der Waals surface area contributed by atoms with E-state index >= 15 is 0 Å². The van der Waals surface area contributed by atoms with Crippen LogP contribution in [0.25, 0.3) is 6.08 Å². The molecule has 18 heavy (non-hydrogen) atoms. The van der Waals surface area contributed by atoms with Gasteiger partial charge in [-0.15, -0.1) is 0 Å². The van der Waals surface area contributed by atoms with Crippen LogP contribution in [-0.2, 0) is 4.79 Å². The summed E-state index contributed by atoms with van der Waals surface area (Å²) in [6.45, 7) is 2.18. The van der Waals surface area contributed by atoms with Crippen molar-refractivity contribution < 1.29 is 4.79 Å². The van der Waals surface area contributed by atoms with Gasteiger partial charge in [0.05, 0.1) is 0 Å². The molecule has 0 N–H and O–H groups in total. The highest BCUT2D eigenvalue weighted by atomic mass is 16.1. The second-order valence-electron chi connectivity index (χ2n) is 5.47.